The third-order valence-electron chi connectivity index (χ3n) is 4.30. The number of phosphoric ester groups is 1. The van der Waals surface area contributed by atoms with Crippen LogP contribution in [0.15, 0.2) is 23.6 Å². The number of Topliss-reactive ketones (excluding diaryl/α,β-unsaturated/α-hetero) is 1. The van der Waals surface area contributed by atoms with Crippen molar-refractivity contribution in [3.8, 4) is 0 Å². The number of phosphoric acid groups is 1. The van der Waals surface area contributed by atoms with Crippen LogP contribution in [0.5, 0.6) is 0 Å². The molecule has 28 heavy (non-hydrogen) atoms. The number of unbranched alkanes of at least 4 members (excludes halogenated alkanes) is 1. The van der Waals surface area contributed by atoms with Crippen LogP contribution in [-0.4, -0.2) is 27.7 Å². The van der Waals surface area contributed by atoms with E-state index in [1.807, 2.05) is 12.1 Å². The standard InChI is InChI=1S/C19H28NO5PS2/c1-14-11-16(27-12-14)5-3-4-6-17(21)18-8-7-15(28-18)9-10-19(2,20)13-25-26(22,23)24/h7-8,11-12H,3-6,9-10,13,20H2,1-2H3,(H2,22,23,24). The number of rotatable bonds is 12. The van der Waals surface area contributed by atoms with Crippen LogP contribution in [0.4, 0.5) is 0 Å². The van der Waals surface area contributed by atoms with Crippen LogP contribution in [0.3, 0.4) is 0 Å². The van der Waals surface area contributed by atoms with Gasteiger partial charge in [-0.15, -0.1) is 22.7 Å². The summed E-state index contributed by atoms with van der Waals surface area (Å²) in [5.41, 5.74) is 6.48. The zero-order valence-electron chi connectivity index (χ0n) is 16.2. The third-order valence-corrected chi connectivity index (χ3v) is 7.07. The molecule has 0 spiro atoms. The van der Waals surface area contributed by atoms with Crippen LogP contribution < -0.4 is 5.73 Å². The largest absolute Gasteiger partial charge is 0.469 e. The van der Waals surface area contributed by atoms with Gasteiger partial charge in [-0.1, -0.05) is 0 Å². The molecule has 0 aliphatic rings. The highest BCUT2D eigenvalue weighted by molar-refractivity contribution is 7.46. The maximum atomic E-state index is 12.4. The summed E-state index contributed by atoms with van der Waals surface area (Å²) in [5.74, 6) is 0.166. The first-order valence-corrected chi connectivity index (χ1v) is 12.4. The van der Waals surface area contributed by atoms with Gasteiger partial charge in [0, 0.05) is 21.7 Å². The molecule has 2 rings (SSSR count). The third kappa shape index (κ3) is 8.66. The van der Waals surface area contributed by atoms with Crippen molar-refractivity contribution in [1.82, 2.24) is 0 Å². The molecule has 2 heterocycles. The Morgan fingerprint density at radius 2 is 2.00 bits per heavy atom. The second kappa shape index (κ2) is 10.3. The van der Waals surface area contributed by atoms with E-state index in [1.54, 1.807) is 18.3 Å². The highest BCUT2D eigenvalue weighted by atomic mass is 32.1. The molecule has 0 fully saturated rings. The minimum atomic E-state index is -4.52. The van der Waals surface area contributed by atoms with E-state index in [4.69, 9.17) is 15.5 Å². The van der Waals surface area contributed by atoms with Gasteiger partial charge >= 0.3 is 7.82 Å². The predicted octanol–water partition coefficient (Wildman–Crippen LogP) is 4.47. The van der Waals surface area contributed by atoms with Gasteiger partial charge < -0.3 is 15.5 Å². The Kier molecular flexibility index (Phi) is 8.58. The first kappa shape index (κ1) is 23.4. The molecule has 0 aliphatic carbocycles. The lowest BCUT2D eigenvalue weighted by Crippen LogP contribution is -2.41. The van der Waals surface area contributed by atoms with Crippen molar-refractivity contribution >= 4 is 36.3 Å². The Morgan fingerprint density at radius 1 is 1.25 bits per heavy atom. The molecule has 1 unspecified atom stereocenters. The molecule has 0 saturated heterocycles. The molecule has 2 aromatic rings. The number of ketones is 1. The van der Waals surface area contributed by atoms with E-state index in [9.17, 15) is 9.36 Å². The molecular weight excluding hydrogens is 417 g/mol. The summed E-state index contributed by atoms with van der Waals surface area (Å²) in [6, 6.07) is 5.98. The topological polar surface area (TPSA) is 110 Å². The molecule has 0 radical (unpaired) electrons. The SMILES string of the molecule is Cc1csc(CCCCC(=O)c2ccc(CCC(C)(N)COP(=O)(O)O)s2)c1. The summed E-state index contributed by atoms with van der Waals surface area (Å²) in [6.45, 7) is 3.56. The van der Waals surface area contributed by atoms with Crippen LogP contribution in [0, 0.1) is 6.92 Å². The van der Waals surface area contributed by atoms with Gasteiger partial charge in [0.05, 0.1) is 11.5 Å². The number of nitrogens with two attached hydrogens (primary N) is 1. The summed E-state index contributed by atoms with van der Waals surface area (Å²) in [7, 11) is -4.52. The smallest absolute Gasteiger partial charge is 0.323 e. The quantitative estimate of drug-likeness (QED) is 0.253. The molecule has 4 N–H and O–H groups in total. The fourth-order valence-corrected chi connectivity index (χ4v) is 5.06. The number of hydrogen-bond acceptors (Lipinski definition) is 6. The summed E-state index contributed by atoms with van der Waals surface area (Å²) < 4.78 is 15.3. The number of carbonyl (C=O) groups is 1. The van der Waals surface area contributed by atoms with E-state index in [0.29, 0.717) is 19.3 Å². The van der Waals surface area contributed by atoms with E-state index in [2.05, 4.69) is 22.9 Å². The van der Waals surface area contributed by atoms with E-state index in [-0.39, 0.29) is 12.4 Å². The van der Waals surface area contributed by atoms with E-state index in [0.717, 1.165) is 29.0 Å². The lowest BCUT2D eigenvalue weighted by Gasteiger charge is -2.24. The summed E-state index contributed by atoms with van der Waals surface area (Å²) in [4.78, 5) is 33.1. The minimum Gasteiger partial charge on any atom is -0.323 e. The van der Waals surface area contributed by atoms with Crippen LogP contribution in [0.25, 0.3) is 0 Å². The van der Waals surface area contributed by atoms with Gasteiger partial charge in [0.15, 0.2) is 5.78 Å². The average Bonchev–Trinajstić information content (AvgIpc) is 3.24. The maximum Gasteiger partial charge on any atom is 0.469 e. The fraction of sp³-hybridized carbons (Fsp3) is 0.526. The highest BCUT2D eigenvalue weighted by Gasteiger charge is 2.24. The molecule has 0 aromatic carbocycles. The first-order chi connectivity index (χ1) is 13.0. The Balaban J connectivity index is 1.73. The second-order valence-corrected chi connectivity index (χ2v) is 10.8. The molecular formula is C19H28NO5PS2. The van der Waals surface area contributed by atoms with Gasteiger partial charge in [-0.05, 0) is 75.1 Å². The Hall–Kier alpha value is -0.860. The zero-order chi connectivity index (χ0) is 20.8. The van der Waals surface area contributed by atoms with E-state index >= 15 is 0 Å². The Morgan fingerprint density at radius 3 is 2.64 bits per heavy atom. The van der Waals surface area contributed by atoms with Crippen LogP contribution in [-0.2, 0) is 21.9 Å². The van der Waals surface area contributed by atoms with Crippen molar-refractivity contribution in [2.45, 2.75) is 57.9 Å². The number of hydrogen-bond donors (Lipinski definition) is 3. The molecule has 156 valence electrons. The lowest BCUT2D eigenvalue weighted by atomic mass is 9.98. The average molecular weight is 446 g/mol. The van der Waals surface area contributed by atoms with Gasteiger partial charge in [-0.2, -0.15) is 0 Å². The molecule has 0 saturated carbocycles. The fourth-order valence-electron chi connectivity index (χ4n) is 2.70. The highest BCUT2D eigenvalue weighted by Crippen LogP contribution is 2.37. The Bertz CT molecular complexity index is 824. The van der Waals surface area contributed by atoms with Crippen molar-refractivity contribution in [3.05, 3.63) is 43.8 Å². The van der Waals surface area contributed by atoms with Gasteiger partial charge in [-0.25, -0.2) is 4.57 Å². The second-order valence-electron chi connectivity index (χ2n) is 7.40. The van der Waals surface area contributed by atoms with Gasteiger partial charge in [0.2, 0.25) is 0 Å². The van der Waals surface area contributed by atoms with Crippen molar-refractivity contribution < 1.29 is 23.7 Å². The molecule has 9 heteroatoms. The Labute approximate surface area is 174 Å². The van der Waals surface area contributed by atoms with Crippen molar-refractivity contribution in [3.63, 3.8) is 0 Å². The summed E-state index contributed by atoms with van der Waals surface area (Å²) >= 11 is 3.24. The van der Waals surface area contributed by atoms with Gasteiger partial charge in [0.1, 0.15) is 0 Å². The van der Waals surface area contributed by atoms with Crippen molar-refractivity contribution in [2.75, 3.05) is 6.61 Å². The molecule has 2 aromatic heterocycles. The zero-order valence-corrected chi connectivity index (χ0v) is 18.7. The molecule has 1 atom stereocenters. The van der Waals surface area contributed by atoms with Crippen LogP contribution in [0.2, 0.25) is 0 Å². The monoisotopic (exact) mass is 445 g/mol. The number of aryl methyl sites for hydroxylation is 3. The summed E-state index contributed by atoms with van der Waals surface area (Å²) in [6.07, 6.45) is 4.59. The lowest BCUT2D eigenvalue weighted by molar-refractivity contribution is 0.0983. The van der Waals surface area contributed by atoms with Crippen LogP contribution >= 0.6 is 30.5 Å². The molecule has 0 bridgehead atoms. The van der Waals surface area contributed by atoms with E-state index < -0.39 is 13.4 Å². The van der Waals surface area contributed by atoms with Crippen LogP contribution in [0.1, 0.15) is 57.6 Å². The normalized spacial score (nSPS) is 14.2. The molecule has 6 nitrogen and oxygen atoms in total. The van der Waals surface area contributed by atoms with Gasteiger partial charge in [0.25, 0.3) is 0 Å². The number of thiophene rings is 2. The van der Waals surface area contributed by atoms with E-state index in [1.165, 1.54) is 21.8 Å². The minimum absolute atomic E-state index is 0.166. The first-order valence-electron chi connectivity index (χ1n) is 9.19. The van der Waals surface area contributed by atoms with Crippen molar-refractivity contribution in [1.29, 1.82) is 0 Å². The number of carbonyl (C=O) groups excluding carboxylic acids is 1. The van der Waals surface area contributed by atoms with Crippen molar-refractivity contribution in [2.24, 2.45) is 5.73 Å². The summed E-state index contributed by atoms with van der Waals surface area (Å²) in [5, 5.41) is 2.15. The predicted molar refractivity (Wildman–Crippen MR) is 114 cm³/mol. The molecule has 0 aliphatic heterocycles. The van der Waals surface area contributed by atoms with Gasteiger partial charge in [-0.3, -0.25) is 9.32 Å². The molecule has 0 amide bonds. The maximum absolute atomic E-state index is 12.4.